The first-order chi connectivity index (χ1) is 15.2. The summed E-state index contributed by atoms with van der Waals surface area (Å²) in [4.78, 5) is 38.2. The van der Waals surface area contributed by atoms with Crippen LogP contribution >= 0.6 is 0 Å². The van der Waals surface area contributed by atoms with Gasteiger partial charge in [0.15, 0.2) is 5.75 Å². The van der Waals surface area contributed by atoms with Gasteiger partial charge in [-0.1, -0.05) is 13.3 Å². The average Bonchev–Trinajstić information content (AvgIpc) is 2.74. The van der Waals surface area contributed by atoms with Gasteiger partial charge in [0.1, 0.15) is 23.0 Å². The molecular formula is C22H26F3N3O4. The highest BCUT2D eigenvalue weighted by Gasteiger charge is 2.20. The highest BCUT2D eigenvalue weighted by molar-refractivity contribution is 5.94. The van der Waals surface area contributed by atoms with Gasteiger partial charge in [-0.15, -0.1) is 0 Å². The van der Waals surface area contributed by atoms with E-state index in [9.17, 15) is 27.6 Å². The lowest BCUT2D eigenvalue weighted by atomic mass is 10.1. The van der Waals surface area contributed by atoms with Gasteiger partial charge in [-0.3, -0.25) is 14.4 Å². The molecule has 1 aromatic carbocycles. The van der Waals surface area contributed by atoms with Crippen LogP contribution in [0.25, 0.3) is 0 Å². The first kappa shape index (κ1) is 25.0. The summed E-state index contributed by atoms with van der Waals surface area (Å²) in [7, 11) is 1.29. The molecule has 174 valence electrons. The summed E-state index contributed by atoms with van der Waals surface area (Å²) >= 11 is 0. The van der Waals surface area contributed by atoms with Crippen molar-refractivity contribution in [2.24, 2.45) is 0 Å². The largest absolute Gasteiger partial charge is 0.491 e. The number of pyridine rings is 1. The summed E-state index contributed by atoms with van der Waals surface area (Å²) in [6.45, 7) is 4.30. The molecule has 0 saturated carbocycles. The summed E-state index contributed by atoms with van der Waals surface area (Å²) < 4.78 is 47.5. The Balaban J connectivity index is 2.27. The van der Waals surface area contributed by atoms with Crippen molar-refractivity contribution in [3.05, 3.63) is 62.8 Å². The van der Waals surface area contributed by atoms with E-state index in [4.69, 9.17) is 4.74 Å². The maximum Gasteiger partial charge on any atom is 0.257 e. The van der Waals surface area contributed by atoms with Gasteiger partial charge in [0.05, 0.1) is 12.8 Å². The average molecular weight is 453 g/mol. The molecule has 0 unspecified atom stereocenters. The predicted molar refractivity (Wildman–Crippen MR) is 112 cm³/mol. The summed E-state index contributed by atoms with van der Waals surface area (Å²) in [6, 6.07) is 1.01. The number of nitrogens with one attached hydrogen (secondary N) is 1. The van der Waals surface area contributed by atoms with Gasteiger partial charge in [0.25, 0.3) is 5.91 Å². The number of rotatable bonds is 11. The second kappa shape index (κ2) is 11.4. The molecule has 1 aromatic heterocycles. The van der Waals surface area contributed by atoms with Gasteiger partial charge in [-0.05, 0) is 13.3 Å². The molecule has 1 N–H and O–H groups in total. The van der Waals surface area contributed by atoms with E-state index in [0.29, 0.717) is 37.5 Å². The molecule has 2 amide bonds. The fraction of sp³-hybridized carbons (Fsp3) is 0.409. The molecule has 0 spiro atoms. The molecule has 0 saturated heterocycles. The fourth-order valence-electron chi connectivity index (χ4n) is 3.18. The summed E-state index contributed by atoms with van der Waals surface area (Å²) in [5.41, 5.74) is -1.04. The van der Waals surface area contributed by atoms with Gasteiger partial charge >= 0.3 is 0 Å². The number of ether oxygens (including phenoxy) is 1. The van der Waals surface area contributed by atoms with Crippen LogP contribution in [-0.2, 0) is 17.9 Å². The van der Waals surface area contributed by atoms with Crippen LogP contribution in [0.15, 0.2) is 23.1 Å². The zero-order valence-electron chi connectivity index (χ0n) is 18.2. The molecule has 2 aromatic rings. The molecule has 0 atom stereocenters. The number of hydrogen-bond acceptors (Lipinski definition) is 4. The Morgan fingerprint density at radius 2 is 1.88 bits per heavy atom. The third-order valence-corrected chi connectivity index (χ3v) is 5.05. The van der Waals surface area contributed by atoms with E-state index in [1.54, 1.807) is 16.4 Å². The third-order valence-electron chi connectivity index (χ3n) is 5.05. The molecule has 32 heavy (non-hydrogen) atoms. The Bertz CT molecular complexity index is 1020. The maximum absolute atomic E-state index is 13.8. The lowest BCUT2D eigenvalue weighted by Crippen LogP contribution is -2.32. The number of carbonyl (C=O) groups excluding carboxylic acids is 2. The van der Waals surface area contributed by atoms with Crippen molar-refractivity contribution in [1.82, 2.24) is 14.8 Å². The van der Waals surface area contributed by atoms with Crippen molar-refractivity contribution in [3.8, 4) is 5.75 Å². The van der Waals surface area contributed by atoms with Gasteiger partial charge in [0.2, 0.25) is 11.8 Å². The smallest absolute Gasteiger partial charge is 0.257 e. The number of halogens is 3. The summed E-state index contributed by atoms with van der Waals surface area (Å²) in [6.07, 6.45) is 3.82. The zero-order chi connectivity index (χ0) is 23.8. The van der Waals surface area contributed by atoms with Gasteiger partial charge in [0, 0.05) is 50.1 Å². The normalized spacial score (nSPS) is 10.7. The molecule has 0 radical (unpaired) electrons. The Morgan fingerprint density at radius 1 is 1.22 bits per heavy atom. The molecule has 10 heteroatoms. The number of carbonyl (C=O) groups is 2. The van der Waals surface area contributed by atoms with E-state index in [1.165, 1.54) is 13.3 Å². The zero-order valence-corrected chi connectivity index (χ0v) is 18.2. The molecule has 0 aliphatic carbocycles. The van der Waals surface area contributed by atoms with Crippen LogP contribution in [0.2, 0.25) is 0 Å². The number of amides is 2. The molecule has 7 nitrogen and oxygen atoms in total. The summed E-state index contributed by atoms with van der Waals surface area (Å²) in [5, 5.41) is 2.28. The highest BCUT2D eigenvalue weighted by atomic mass is 19.1. The van der Waals surface area contributed by atoms with E-state index >= 15 is 0 Å². The van der Waals surface area contributed by atoms with E-state index < -0.39 is 40.9 Å². The minimum atomic E-state index is -1.15. The van der Waals surface area contributed by atoms with Crippen molar-refractivity contribution >= 4 is 12.3 Å². The van der Waals surface area contributed by atoms with Crippen LogP contribution in [0.4, 0.5) is 13.2 Å². The predicted octanol–water partition coefficient (Wildman–Crippen LogP) is 2.77. The second-order valence-electron chi connectivity index (χ2n) is 7.21. The standard InChI is InChI=1S/C22H26F3N3O4/c1-4-5-6-27(13-29)7-8-28-12-17(20(30)21(32-3)14(28)2)22(31)26-11-16-18(24)9-15(23)10-19(16)25/h9-10,12-13H,4-8,11H2,1-3H3,(H,26,31). The third kappa shape index (κ3) is 5.89. The Morgan fingerprint density at radius 3 is 2.44 bits per heavy atom. The molecule has 0 bridgehead atoms. The lowest BCUT2D eigenvalue weighted by molar-refractivity contribution is -0.118. The number of hydrogen-bond donors (Lipinski definition) is 1. The SMILES string of the molecule is CCCCN(C=O)CCn1cc(C(=O)NCc2c(F)cc(F)cc2F)c(=O)c(OC)c1C. The maximum atomic E-state index is 13.8. The Kier molecular flexibility index (Phi) is 8.86. The van der Waals surface area contributed by atoms with Crippen molar-refractivity contribution in [1.29, 1.82) is 0 Å². The molecule has 1 heterocycles. The van der Waals surface area contributed by atoms with Crippen molar-refractivity contribution in [3.63, 3.8) is 0 Å². The quantitative estimate of drug-likeness (QED) is 0.531. The number of benzene rings is 1. The van der Waals surface area contributed by atoms with Gasteiger partial charge in [-0.2, -0.15) is 0 Å². The molecule has 0 aliphatic heterocycles. The van der Waals surface area contributed by atoms with Crippen molar-refractivity contribution in [2.45, 2.75) is 39.8 Å². The van der Waals surface area contributed by atoms with Crippen LogP contribution in [0.5, 0.6) is 5.75 Å². The first-order valence-corrected chi connectivity index (χ1v) is 10.1. The lowest BCUT2D eigenvalue weighted by Gasteiger charge is -2.20. The topological polar surface area (TPSA) is 80.6 Å². The number of nitrogens with zero attached hydrogens (tertiary/aromatic N) is 2. The molecule has 2 rings (SSSR count). The second-order valence-corrected chi connectivity index (χ2v) is 7.21. The fourth-order valence-corrected chi connectivity index (χ4v) is 3.18. The molecular weight excluding hydrogens is 427 g/mol. The Labute approximate surface area is 183 Å². The van der Waals surface area contributed by atoms with Gasteiger partial charge in [-0.25, -0.2) is 13.2 Å². The van der Waals surface area contributed by atoms with E-state index in [0.717, 1.165) is 19.3 Å². The number of aromatic nitrogens is 1. The van der Waals surface area contributed by atoms with Crippen LogP contribution in [0.1, 0.15) is 41.4 Å². The Hall–Kier alpha value is -3.30. The van der Waals surface area contributed by atoms with Crippen LogP contribution in [0.3, 0.4) is 0 Å². The first-order valence-electron chi connectivity index (χ1n) is 10.1. The monoisotopic (exact) mass is 453 g/mol. The van der Waals surface area contributed by atoms with Crippen LogP contribution < -0.4 is 15.5 Å². The number of methoxy groups -OCH3 is 1. The van der Waals surface area contributed by atoms with Crippen LogP contribution in [0, 0.1) is 24.4 Å². The van der Waals surface area contributed by atoms with E-state index in [1.807, 2.05) is 6.92 Å². The minimum Gasteiger partial charge on any atom is -0.491 e. The highest BCUT2D eigenvalue weighted by Crippen LogP contribution is 2.16. The van der Waals surface area contributed by atoms with E-state index in [-0.39, 0.29) is 11.3 Å². The summed E-state index contributed by atoms with van der Waals surface area (Å²) in [5.74, 6) is -4.30. The molecule has 0 fully saturated rings. The van der Waals surface area contributed by atoms with Crippen LogP contribution in [-0.4, -0.2) is 42.0 Å². The van der Waals surface area contributed by atoms with E-state index in [2.05, 4.69) is 5.32 Å². The number of unbranched alkanes of at least 4 members (excludes halogenated alkanes) is 1. The van der Waals surface area contributed by atoms with Crippen molar-refractivity contribution in [2.75, 3.05) is 20.2 Å². The minimum absolute atomic E-state index is 0.0528. The van der Waals surface area contributed by atoms with Gasteiger partial charge < -0.3 is 19.5 Å². The van der Waals surface area contributed by atoms with Crippen molar-refractivity contribution < 1.29 is 27.5 Å². The molecule has 0 aliphatic rings.